The van der Waals surface area contributed by atoms with Crippen molar-refractivity contribution in [2.75, 3.05) is 18.4 Å². The fraction of sp³-hybridized carbons (Fsp3) is 0.281. The Morgan fingerprint density at radius 3 is 2.26 bits per heavy atom. The van der Waals surface area contributed by atoms with Gasteiger partial charge >= 0.3 is 6.03 Å². The van der Waals surface area contributed by atoms with E-state index in [0.29, 0.717) is 37.3 Å². The molecule has 0 aliphatic heterocycles. The van der Waals surface area contributed by atoms with Gasteiger partial charge in [-0.1, -0.05) is 81.4 Å². The summed E-state index contributed by atoms with van der Waals surface area (Å²) in [5.41, 5.74) is 9.77. The Hall–Kier alpha value is -4.41. The number of anilines is 1. The first-order valence-electron chi connectivity index (χ1n) is 13.2. The minimum absolute atomic E-state index is 0.233. The summed E-state index contributed by atoms with van der Waals surface area (Å²) in [6.45, 7) is 7.96. The predicted molar refractivity (Wildman–Crippen MR) is 156 cm³/mol. The van der Waals surface area contributed by atoms with Gasteiger partial charge in [-0.05, 0) is 48.2 Å². The van der Waals surface area contributed by atoms with Crippen molar-refractivity contribution in [3.63, 3.8) is 0 Å². The van der Waals surface area contributed by atoms with Gasteiger partial charge in [0.25, 0.3) is 0 Å². The number of aromatic nitrogens is 2. The van der Waals surface area contributed by atoms with Gasteiger partial charge in [0, 0.05) is 30.5 Å². The molecule has 4 rings (SSSR count). The molecule has 2 amide bonds. The highest BCUT2D eigenvalue weighted by atomic mass is 16.2. The highest BCUT2D eigenvalue weighted by molar-refractivity contribution is 5.89. The van der Waals surface area contributed by atoms with Gasteiger partial charge in [-0.2, -0.15) is 5.26 Å². The zero-order valence-electron chi connectivity index (χ0n) is 22.8. The third kappa shape index (κ3) is 6.92. The number of rotatable bonds is 9. The Labute approximate surface area is 230 Å². The summed E-state index contributed by atoms with van der Waals surface area (Å²) in [7, 11) is 0. The first-order valence-corrected chi connectivity index (χ1v) is 13.2. The van der Waals surface area contributed by atoms with E-state index < -0.39 is 0 Å². The van der Waals surface area contributed by atoms with Crippen LogP contribution < -0.4 is 11.1 Å². The number of imidazole rings is 1. The first-order chi connectivity index (χ1) is 18.8. The highest BCUT2D eigenvalue weighted by Crippen LogP contribution is 2.39. The van der Waals surface area contributed by atoms with E-state index in [1.807, 2.05) is 41.3 Å². The van der Waals surface area contributed by atoms with Gasteiger partial charge < -0.3 is 20.5 Å². The molecule has 1 aromatic heterocycles. The summed E-state index contributed by atoms with van der Waals surface area (Å²) < 4.78 is 2.16. The number of amides is 2. The Balaban J connectivity index is 1.79. The van der Waals surface area contributed by atoms with Crippen LogP contribution in [0.4, 0.5) is 10.5 Å². The maximum Gasteiger partial charge on any atom is 0.322 e. The molecule has 0 spiro atoms. The maximum atomic E-state index is 13.9. The van der Waals surface area contributed by atoms with Gasteiger partial charge in [0.2, 0.25) is 0 Å². The molecule has 4 aromatic rings. The number of nitrogens with zero attached hydrogens (tertiary/aromatic N) is 4. The predicted octanol–water partition coefficient (Wildman–Crippen LogP) is 6.44. The summed E-state index contributed by atoms with van der Waals surface area (Å²) in [5.74, 6) is 0.817. The van der Waals surface area contributed by atoms with Crippen molar-refractivity contribution < 1.29 is 4.79 Å². The van der Waals surface area contributed by atoms with Crippen LogP contribution in [0.3, 0.4) is 0 Å². The van der Waals surface area contributed by atoms with Gasteiger partial charge in [-0.25, -0.2) is 9.78 Å². The number of nitriles is 1. The summed E-state index contributed by atoms with van der Waals surface area (Å²) >= 11 is 0. The monoisotopic (exact) mass is 520 g/mol. The lowest BCUT2D eigenvalue weighted by molar-refractivity contribution is 0.116. The number of hydrogen-bond donors (Lipinski definition) is 2. The SMILES string of the molecule is CC(C)(C)C(c1nc(-c2ccccc2)cn1Cc1ccccc1)N(CCCN)C(=O)Nc1ccc(C#N)cc1. The molecule has 3 N–H and O–H groups in total. The van der Waals surface area contributed by atoms with Crippen LogP contribution in [0.5, 0.6) is 0 Å². The maximum absolute atomic E-state index is 13.9. The van der Waals surface area contributed by atoms with E-state index >= 15 is 0 Å². The standard InChI is InChI=1S/C32H36N6O/c1-32(2,3)29(38(20-10-19-33)31(39)35-27-17-15-24(21-34)16-18-27)30-36-28(26-13-8-5-9-14-26)23-37(30)22-25-11-6-4-7-12-25/h4-9,11-18,23,29H,10,19-20,22,33H2,1-3H3,(H,35,39). The molecular weight excluding hydrogens is 484 g/mol. The van der Waals surface area contributed by atoms with Gasteiger partial charge in [0.15, 0.2) is 0 Å². The van der Waals surface area contributed by atoms with Crippen molar-refractivity contribution in [3.05, 3.63) is 108 Å². The summed E-state index contributed by atoms with van der Waals surface area (Å²) in [6, 6.07) is 28.8. The second-order valence-corrected chi connectivity index (χ2v) is 10.7. The number of nitrogens with one attached hydrogen (secondary N) is 1. The molecule has 0 radical (unpaired) electrons. The number of carbonyl (C=O) groups excluding carboxylic acids is 1. The molecule has 39 heavy (non-hydrogen) atoms. The molecule has 0 saturated carbocycles. The molecule has 7 heteroatoms. The van der Waals surface area contributed by atoms with Crippen molar-refractivity contribution in [2.45, 2.75) is 39.8 Å². The lowest BCUT2D eigenvalue weighted by atomic mass is 9.84. The third-order valence-electron chi connectivity index (χ3n) is 6.58. The zero-order valence-corrected chi connectivity index (χ0v) is 22.8. The van der Waals surface area contributed by atoms with Crippen molar-refractivity contribution in [3.8, 4) is 17.3 Å². The second kappa shape index (κ2) is 12.4. The Morgan fingerprint density at radius 2 is 1.67 bits per heavy atom. The van der Waals surface area contributed by atoms with Crippen LogP contribution in [0.2, 0.25) is 0 Å². The number of hydrogen-bond acceptors (Lipinski definition) is 4. The van der Waals surface area contributed by atoms with E-state index in [1.54, 1.807) is 24.3 Å². The molecular formula is C32H36N6O. The van der Waals surface area contributed by atoms with Crippen LogP contribution in [0, 0.1) is 16.7 Å². The minimum Gasteiger partial charge on any atom is -0.330 e. The lowest BCUT2D eigenvalue weighted by Crippen LogP contribution is -2.45. The minimum atomic E-state index is -0.344. The van der Waals surface area contributed by atoms with Crippen LogP contribution in [0.1, 0.15) is 50.2 Å². The van der Waals surface area contributed by atoms with Gasteiger partial charge in [-0.3, -0.25) is 0 Å². The van der Waals surface area contributed by atoms with Gasteiger partial charge in [-0.15, -0.1) is 0 Å². The third-order valence-corrected chi connectivity index (χ3v) is 6.58. The molecule has 200 valence electrons. The summed E-state index contributed by atoms with van der Waals surface area (Å²) in [4.78, 5) is 20.9. The van der Waals surface area contributed by atoms with Crippen LogP contribution >= 0.6 is 0 Å². The number of urea groups is 1. The quantitative estimate of drug-likeness (QED) is 0.265. The van der Waals surface area contributed by atoms with Crippen molar-refractivity contribution in [1.29, 1.82) is 5.26 Å². The topological polar surface area (TPSA) is 100.0 Å². The Bertz CT molecular complexity index is 1400. The average Bonchev–Trinajstić information content (AvgIpc) is 3.34. The van der Waals surface area contributed by atoms with Crippen molar-refractivity contribution in [1.82, 2.24) is 14.5 Å². The number of benzene rings is 3. The number of carbonyl (C=O) groups is 1. The Morgan fingerprint density at radius 1 is 1.03 bits per heavy atom. The molecule has 7 nitrogen and oxygen atoms in total. The summed E-state index contributed by atoms with van der Waals surface area (Å²) in [5, 5.41) is 12.2. The highest BCUT2D eigenvalue weighted by Gasteiger charge is 2.38. The first kappa shape index (κ1) is 27.6. The summed E-state index contributed by atoms with van der Waals surface area (Å²) in [6.07, 6.45) is 2.73. The normalized spacial score (nSPS) is 12.0. The molecule has 0 bridgehead atoms. The molecule has 0 aliphatic rings. The van der Waals surface area contributed by atoms with E-state index in [0.717, 1.165) is 22.6 Å². The van der Waals surface area contributed by atoms with Crippen LogP contribution in [-0.4, -0.2) is 33.6 Å². The molecule has 0 aliphatic carbocycles. The molecule has 1 atom stereocenters. The fourth-order valence-corrected chi connectivity index (χ4v) is 4.73. The largest absolute Gasteiger partial charge is 0.330 e. The van der Waals surface area contributed by atoms with E-state index in [-0.39, 0.29) is 17.5 Å². The molecule has 0 saturated heterocycles. The van der Waals surface area contributed by atoms with E-state index in [4.69, 9.17) is 16.0 Å². The smallest absolute Gasteiger partial charge is 0.322 e. The second-order valence-electron chi connectivity index (χ2n) is 10.7. The zero-order chi connectivity index (χ0) is 27.8. The van der Waals surface area contributed by atoms with Crippen molar-refractivity contribution >= 4 is 11.7 Å². The number of nitrogens with two attached hydrogens (primary N) is 1. The van der Waals surface area contributed by atoms with Gasteiger partial charge in [0.1, 0.15) is 5.82 Å². The van der Waals surface area contributed by atoms with Crippen LogP contribution in [-0.2, 0) is 6.54 Å². The van der Waals surface area contributed by atoms with E-state index in [2.05, 4.69) is 67.2 Å². The molecule has 0 fully saturated rings. The average molecular weight is 521 g/mol. The molecule has 1 heterocycles. The lowest BCUT2D eigenvalue weighted by Gasteiger charge is -2.40. The van der Waals surface area contributed by atoms with Gasteiger partial charge in [0.05, 0.1) is 23.4 Å². The van der Waals surface area contributed by atoms with E-state index in [9.17, 15) is 4.79 Å². The van der Waals surface area contributed by atoms with Crippen molar-refractivity contribution in [2.24, 2.45) is 11.1 Å². The van der Waals surface area contributed by atoms with Crippen LogP contribution in [0.25, 0.3) is 11.3 Å². The fourth-order valence-electron chi connectivity index (χ4n) is 4.73. The van der Waals surface area contributed by atoms with E-state index in [1.165, 1.54) is 0 Å². The van der Waals surface area contributed by atoms with Crippen LogP contribution in [0.15, 0.2) is 91.1 Å². The Kier molecular flexibility index (Phi) is 8.80. The molecule has 3 aromatic carbocycles. The molecule has 1 unspecified atom stereocenters.